The quantitative estimate of drug-likeness (QED) is 0.372. The first-order valence-electron chi connectivity index (χ1n) is 3.90. The lowest BCUT2D eigenvalue weighted by Gasteiger charge is -2.08. The summed E-state index contributed by atoms with van der Waals surface area (Å²) in [6, 6.07) is 0. The van der Waals surface area contributed by atoms with Crippen molar-refractivity contribution in [1.82, 2.24) is 0 Å². The zero-order valence-corrected chi connectivity index (χ0v) is 6.53. The summed E-state index contributed by atoms with van der Waals surface area (Å²) < 4.78 is 0. The van der Waals surface area contributed by atoms with Crippen LogP contribution in [0, 0.1) is 11.8 Å². The summed E-state index contributed by atoms with van der Waals surface area (Å²) in [4.78, 5) is 3.87. The van der Waals surface area contributed by atoms with E-state index in [2.05, 4.69) is 4.99 Å². The summed E-state index contributed by atoms with van der Waals surface area (Å²) in [7, 11) is 0. The Labute approximate surface area is 66.3 Å². The molecule has 0 amide bonds. The molecule has 1 saturated carbocycles. The molecule has 11 heavy (non-hydrogen) atoms. The van der Waals surface area contributed by atoms with E-state index in [0.29, 0.717) is 12.5 Å². The van der Waals surface area contributed by atoms with Gasteiger partial charge in [-0.05, 0) is 18.8 Å². The minimum absolute atomic E-state index is 0.115. The number of nitrogens with two attached hydrogens (primary N) is 2. The summed E-state index contributed by atoms with van der Waals surface area (Å²) in [6.07, 6.45) is 2.43. The Hall–Kier alpha value is -0.770. The molecule has 1 fully saturated rings. The molecular formula is C7H15N3O. The number of aliphatic hydroxyl groups is 1. The Balaban J connectivity index is 2.25. The third kappa shape index (κ3) is 2.76. The van der Waals surface area contributed by atoms with Crippen LogP contribution in [0.25, 0.3) is 0 Å². The zero-order valence-electron chi connectivity index (χ0n) is 6.53. The predicted octanol–water partition coefficient (Wildman–Crippen LogP) is -0.722. The molecule has 0 aromatic rings. The average Bonchev–Trinajstić information content (AvgIpc) is 2.72. The summed E-state index contributed by atoms with van der Waals surface area (Å²) in [5.41, 5.74) is 10.3. The van der Waals surface area contributed by atoms with Crippen molar-refractivity contribution in [2.75, 3.05) is 13.2 Å². The first-order valence-corrected chi connectivity index (χ1v) is 3.90. The fraction of sp³-hybridized carbons (Fsp3) is 0.857. The number of guanidine groups is 1. The van der Waals surface area contributed by atoms with Gasteiger partial charge in [0.15, 0.2) is 5.96 Å². The molecule has 64 valence electrons. The van der Waals surface area contributed by atoms with Crippen LogP contribution >= 0.6 is 0 Å². The molecule has 1 rings (SSSR count). The molecule has 0 aromatic carbocycles. The van der Waals surface area contributed by atoms with Gasteiger partial charge >= 0.3 is 0 Å². The monoisotopic (exact) mass is 157 g/mol. The SMILES string of the molecule is NC(N)=NCC(CO)C1CC1. The van der Waals surface area contributed by atoms with Crippen LogP contribution in [0.3, 0.4) is 0 Å². The number of rotatable bonds is 4. The second-order valence-electron chi connectivity index (χ2n) is 3.05. The Bertz CT molecular complexity index is 150. The van der Waals surface area contributed by atoms with E-state index in [9.17, 15) is 0 Å². The first-order chi connectivity index (χ1) is 5.24. The maximum atomic E-state index is 8.90. The highest BCUT2D eigenvalue weighted by Gasteiger charge is 2.30. The Morgan fingerprint density at radius 3 is 2.55 bits per heavy atom. The molecule has 1 atom stereocenters. The van der Waals surface area contributed by atoms with Gasteiger partial charge in [-0.25, -0.2) is 0 Å². The molecule has 1 aliphatic rings. The molecule has 0 heterocycles. The lowest BCUT2D eigenvalue weighted by atomic mass is 10.1. The normalized spacial score (nSPS) is 19.4. The van der Waals surface area contributed by atoms with Gasteiger partial charge < -0.3 is 16.6 Å². The minimum atomic E-state index is 0.115. The van der Waals surface area contributed by atoms with Crippen LogP contribution in [0.4, 0.5) is 0 Å². The molecular weight excluding hydrogens is 142 g/mol. The van der Waals surface area contributed by atoms with Gasteiger partial charge in [-0.15, -0.1) is 0 Å². The molecule has 1 unspecified atom stereocenters. The maximum absolute atomic E-state index is 8.90. The van der Waals surface area contributed by atoms with Crippen LogP contribution in [0.15, 0.2) is 4.99 Å². The average molecular weight is 157 g/mol. The summed E-state index contributed by atoms with van der Waals surface area (Å²) in [6.45, 7) is 0.769. The Kier molecular flexibility index (Phi) is 2.70. The van der Waals surface area contributed by atoms with Crippen LogP contribution in [0.1, 0.15) is 12.8 Å². The third-order valence-electron chi connectivity index (χ3n) is 2.03. The lowest BCUT2D eigenvalue weighted by molar-refractivity contribution is 0.215. The predicted molar refractivity (Wildman–Crippen MR) is 44.0 cm³/mol. The molecule has 0 spiro atoms. The Morgan fingerprint density at radius 2 is 2.18 bits per heavy atom. The van der Waals surface area contributed by atoms with Crippen LogP contribution in [-0.4, -0.2) is 24.2 Å². The highest BCUT2D eigenvalue weighted by Crippen LogP contribution is 2.36. The Morgan fingerprint density at radius 1 is 1.55 bits per heavy atom. The van der Waals surface area contributed by atoms with E-state index >= 15 is 0 Å². The van der Waals surface area contributed by atoms with Crippen molar-refractivity contribution in [2.24, 2.45) is 28.3 Å². The van der Waals surface area contributed by atoms with Gasteiger partial charge in [0.2, 0.25) is 0 Å². The maximum Gasteiger partial charge on any atom is 0.185 e. The lowest BCUT2D eigenvalue weighted by Crippen LogP contribution is -2.25. The molecule has 4 nitrogen and oxygen atoms in total. The molecule has 1 aliphatic carbocycles. The van der Waals surface area contributed by atoms with E-state index in [-0.39, 0.29) is 18.5 Å². The zero-order chi connectivity index (χ0) is 8.27. The van der Waals surface area contributed by atoms with Crippen molar-refractivity contribution >= 4 is 5.96 Å². The van der Waals surface area contributed by atoms with E-state index in [1.54, 1.807) is 0 Å². The largest absolute Gasteiger partial charge is 0.396 e. The van der Waals surface area contributed by atoms with Gasteiger partial charge in [0.05, 0.1) is 0 Å². The van der Waals surface area contributed by atoms with Crippen molar-refractivity contribution < 1.29 is 5.11 Å². The number of aliphatic imine (C=N–C) groups is 1. The van der Waals surface area contributed by atoms with Crippen LogP contribution in [-0.2, 0) is 0 Å². The van der Waals surface area contributed by atoms with E-state index in [1.807, 2.05) is 0 Å². The highest BCUT2D eigenvalue weighted by atomic mass is 16.3. The topological polar surface area (TPSA) is 84.6 Å². The minimum Gasteiger partial charge on any atom is -0.396 e. The molecule has 0 aromatic heterocycles. The number of hydrogen-bond donors (Lipinski definition) is 3. The van der Waals surface area contributed by atoms with Crippen LogP contribution in [0.5, 0.6) is 0 Å². The molecule has 0 bridgehead atoms. The van der Waals surface area contributed by atoms with Crippen LogP contribution < -0.4 is 11.5 Å². The summed E-state index contributed by atoms with van der Waals surface area (Å²) >= 11 is 0. The summed E-state index contributed by atoms with van der Waals surface area (Å²) in [5.74, 6) is 1.05. The van der Waals surface area contributed by atoms with Gasteiger partial charge in [0.1, 0.15) is 0 Å². The molecule has 0 saturated heterocycles. The first kappa shape index (κ1) is 8.33. The molecule has 5 N–H and O–H groups in total. The fourth-order valence-electron chi connectivity index (χ4n) is 1.15. The van der Waals surface area contributed by atoms with Crippen molar-refractivity contribution in [3.05, 3.63) is 0 Å². The van der Waals surface area contributed by atoms with Gasteiger partial charge in [-0.3, -0.25) is 4.99 Å². The van der Waals surface area contributed by atoms with E-state index in [4.69, 9.17) is 16.6 Å². The van der Waals surface area contributed by atoms with E-state index in [0.717, 1.165) is 0 Å². The summed E-state index contributed by atoms with van der Waals surface area (Å²) in [5, 5.41) is 8.90. The van der Waals surface area contributed by atoms with Crippen LogP contribution in [0.2, 0.25) is 0 Å². The third-order valence-corrected chi connectivity index (χ3v) is 2.03. The number of aliphatic hydroxyl groups excluding tert-OH is 1. The van der Waals surface area contributed by atoms with E-state index < -0.39 is 0 Å². The number of hydrogen-bond acceptors (Lipinski definition) is 2. The van der Waals surface area contributed by atoms with Gasteiger partial charge in [-0.1, -0.05) is 0 Å². The van der Waals surface area contributed by atoms with E-state index in [1.165, 1.54) is 12.8 Å². The molecule has 0 radical (unpaired) electrons. The fourth-order valence-corrected chi connectivity index (χ4v) is 1.15. The number of nitrogens with zero attached hydrogens (tertiary/aromatic N) is 1. The van der Waals surface area contributed by atoms with Crippen molar-refractivity contribution in [3.8, 4) is 0 Å². The van der Waals surface area contributed by atoms with Gasteiger partial charge in [-0.2, -0.15) is 0 Å². The smallest absolute Gasteiger partial charge is 0.185 e. The van der Waals surface area contributed by atoms with Gasteiger partial charge in [0.25, 0.3) is 0 Å². The second-order valence-corrected chi connectivity index (χ2v) is 3.05. The molecule has 0 aliphatic heterocycles. The highest BCUT2D eigenvalue weighted by molar-refractivity contribution is 5.75. The van der Waals surface area contributed by atoms with Gasteiger partial charge in [0, 0.05) is 19.1 Å². The second kappa shape index (κ2) is 3.57. The van der Waals surface area contributed by atoms with Crippen molar-refractivity contribution in [2.45, 2.75) is 12.8 Å². The standard InChI is InChI=1S/C7H15N3O/c8-7(9)10-3-6(4-11)5-1-2-5/h5-6,11H,1-4H2,(H4,8,9,10). The van der Waals surface area contributed by atoms with Crippen molar-refractivity contribution in [1.29, 1.82) is 0 Å². The van der Waals surface area contributed by atoms with Crippen molar-refractivity contribution in [3.63, 3.8) is 0 Å². The molecule has 4 heteroatoms.